The van der Waals surface area contributed by atoms with Crippen LogP contribution in [0.15, 0.2) is 48.5 Å². The minimum absolute atomic E-state index is 0.0215. The Bertz CT molecular complexity index is 1020. The predicted octanol–water partition coefficient (Wildman–Crippen LogP) is 1.57. The van der Waals surface area contributed by atoms with Crippen molar-refractivity contribution in [2.24, 2.45) is 0 Å². The monoisotopic (exact) mass is 421 g/mol. The summed E-state index contributed by atoms with van der Waals surface area (Å²) in [7, 11) is 3.46. The second kappa shape index (κ2) is 8.15. The molecule has 2 aromatic rings. The molecule has 1 N–H and O–H groups in total. The minimum Gasteiger partial charge on any atom is -0.394 e. The highest BCUT2D eigenvalue weighted by molar-refractivity contribution is 5.95. The van der Waals surface area contributed by atoms with E-state index in [2.05, 4.69) is 0 Å². The zero-order valence-electron chi connectivity index (χ0n) is 18.0. The van der Waals surface area contributed by atoms with Crippen molar-refractivity contribution in [2.75, 3.05) is 33.8 Å². The van der Waals surface area contributed by atoms with Crippen LogP contribution in [0.4, 0.5) is 0 Å². The van der Waals surface area contributed by atoms with Crippen molar-refractivity contribution in [1.29, 1.82) is 0 Å². The maximum atomic E-state index is 12.5. The second-order valence-corrected chi connectivity index (χ2v) is 8.45. The van der Waals surface area contributed by atoms with Crippen molar-refractivity contribution in [3.05, 3.63) is 59.7 Å². The number of carbonyl (C=O) groups excluding carboxylic acids is 3. The third-order valence-corrected chi connectivity index (χ3v) is 6.34. The molecule has 7 heteroatoms. The number of aliphatic hydroxyl groups excluding tert-OH is 1. The van der Waals surface area contributed by atoms with E-state index in [0.717, 1.165) is 16.7 Å². The van der Waals surface area contributed by atoms with Crippen LogP contribution in [0.3, 0.4) is 0 Å². The molecular formula is C24H27N3O4. The first-order valence-corrected chi connectivity index (χ1v) is 10.4. The Balaban J connectivity index is 1.58. The van der Waals surface area contributed by atoms with Gasteiger partial charge in [0.15, 0.2) is 0 Å². The normalized spacial score (nSPS) is 22.6. The lowest BCUT2D eigenvalue weighted by Crippen LogP contribution is -2.73. The highest BCUT2D eigenvalue weighted by atomic mass is 16.3. The number of piperazine rings is 1. The van der Waals surface area contributed by atoms with Gasteiger partial charge in [0.25, 0.3) is 5.91 Å². The van der Waals surface area contributed by atoms with Gasteiger partial charge in [-0.1, -0.05) is 36.4 Å². The largest absolute Gasteiger partial charge is 0.394 e. The van der Waals surface area contributed by atoms with Crippen LogP contribution in [0, 0.1) is 0 Å². The van der Waals surface area contributed by atoms with E-state index in [0.29, 0.717) is 12.1 Å². The van der Waals surface area contributed by atoms with Gasteiger partial charge in [0, 0.05) is 39.0 Å². The molecule has 3 atom stereocenters. The summed E-state index contributed by atoms with van der Waals surface area (Å²) in [5, 5.41) is 9.90. The van der Waals surface area contributed by atoms with Gasteiger partial charge in [-0.05, 0) is 28.8 Å². The van der Waals surface area contributed by atoms with Crippen molar-refractivity contribution < 1.29 is 19.5 Å². The van der Waals surface area contributed by atoms with Gasteiger partial charge < -0.3 is 19.8 Å². The molecule has 31 heavy (non-hydrogen) atoms. The summed E-state index contributed by atoms with van der Waals surface area (Å²) in [4.78, 5) is 41.4. The van der Waals surface area contributed by atoms with Crippen LogP contribution in [-0.2, 0) is 9.59 Å². The summed E-state index contributed by atoms with van der Waals surface area (Å²) in [5.74, 6) is -0.287. The van der Waals surface area contributed by atoms with Crippen LogP contribution < -0.4 is 0 Å². The zero-order chi connectivity index (χ0) is 22.3. The number of benzene rings is 2. The Morgan fingerprint density at radius 2 is 1.81 bits per heavy atom. The minimum atomic E-state index is -0.265. The van der Waals surface area contributed by atoms with Crippen molar-refractivity contribution in [1.82, 2.24) is 14.7 Å². The molecule has 2 fully saturated rings. The molecule has 2 aliphatic heterocycles. The molecular weight excluding hydrogens is 394 g/mol. The van der Waals surface area contributed by atoms with E-state index in [1.807, 2.05) is 42.5 Å². The van der Waals surface area contributed by atoms with Gasteiger partial charge in [-0.15, -0.1) is 0 Å². The Kier molecular flexibility index (Phi) is 5.54. The van der Waals surface area contributed by atoms with Crippen LogP contribution in [0.25, 0.3) is 11.1 Å². The molecule has 2 saturated heterocycles. The van der Waals surface area contributed by atoms with Crippen molar-refractivity contribution in [3.8, 4) is 11.1 Å². The molecule has 0 radical (unpaired) electrons. The summed E-state index contributed by atoms with van der Waals surface area (Å²) in [6.07, 6.45) is 0. The standard InChI is InChI=1S/C24H27N3O4/c1-15(29)26-12-20-23(21(14-28)27(20)22(30)13-26)17-9-7-16(8-10-17)18-5-4-6-19(11-18)24(31)25(2)3/h4-11,20-21,23,28H,12-14H2,1-3H3/t20-,21-,23+/m1/s1. The lowest BCUT2D eigenvalue weighted by atomic mass is 9.73. The lowest BCUT2D eigenvalue weighted by molar-refractivity contribution is -0.166. The molecule has 0 spiro atoms. The smallest absolute Gasteiger partial charge is 0.253 e. The number of amides is 3. The first kappa shape index (κ1) is 21.1. The Hall–Kier alpha value is -3.19. The van der Waals surface area contributed by atoms with Gasteiger partial charge in [-0.25, -0.2) is 0 Å². The third-order valence-electron chi connectivity index (χ3n) is 6.34. The number of hydrogen-bond donors (Lipinski definition) is 1. The fourth-order valence-corrected chi connectivity index (χ4v) is 4.73. The van der Waals surface area contributed by atoms with E-state index in [1.165, 1.54) is 6.92 Å². The van der Waals surface area contributed by atoms with E-state index < -0.39 is 0 Å². The number of fused-ring (bicyclic) bond motifs is 1. The molecule has 2 aromatic carbocycles. The molecule has 0 unspecified atom stereocenters. The van der Waals surface area contributed by atoms with E-state index >= 15 is 0 Å². The fourth-order valence-electron chi connectivity index (χ4n) is 4.73. The number of rotatable bonds is 4. The van der Waals surface area contributed by atoms with Gasteiger partial charge in [0.05, 0.1) is 25.2 Å². The highest BCUT2D eigenvalue weighted by Crippen LogP contribution is 2.43. The number of nitrogens with zero attached hydrogens (tertiary/aromatic N) is 3. The van der Waals surface area contributed by atoms with Crippen LogP contribution in [-0.4, -0.2) is 83.4 Å². The first-order valence-electron chi connectivity index (χ1n) is 10.4. The molecule has 0 aliphatic carbocycles. The lowest BCUT2D eigenvalue weighted by Gasteiger charge is -2.58. The van der Waals surface area contributed by atoms with Crippen LogP contribution >= 0.6 is 0 Å². The number of carbonyl (C=O) groups is 3. The van der Waals surface area contributed by atoms with Crippen molar-refractivity contribution in [2.45, 2.75) is 24.9 Å². The summed E-state index contributed by atoms with van der Waals surface area (Å²) in [5.41, 5.74) is 3.59. The second-order valence-electron chi connectivity index (χ2n) is 8.45. The molecule has 0 saturated carbocycles. The summed E-state index contributed by atoms with van der Waals surface area (Å²) in [6.45, 7) is 1.93. The number of hydrogen-bond acceptors (Lipinski definition) is 4. The van der Waals surface area contributed by atoms with Crippen molar-refractivity contribution in [3.63, 3.8) is 0 Å². The van der Waals surface area contributed by atoms with Gasteiger partial charge in [0.2, 0.25) is 11.8 Å². The first-order chi connectivity index (χ1) is 14.8. The van der Waals surface area contributed by atoms with E-state index in [9.17, 15) is 19.5 Å². The van der Waals surface area contributed by atoms with E-state index in [4.69, 9.17) is 0 Å². The molecule has 0 bridgehead atoms. The van der Waals surface area contributed by atoms with Gasteiger partial charge >= 0.3 is 0 Å². The average Bonchev–Trinajstić information content (AvgIpc) is 2.74. The third kappa shape index (κ3) is 3.70. The topological polar surface area (TPSA) is 81.2 Å². The van der Waals surface area contributed by atoms with Crippen LogP contribution in [0.5, 0.6) is 0 Å². The molecule has 7 nitrogen and oxygen atoms in total. The molecule has 4 rings (SSSR count). The quantitative estimate of drug-likeness (QED) is 0.813. The summed E-state index contributed by atoms with van der Waals surface area (Å²) >= 11 is 0. The number of aliphatic hydroxyl groups is 1. The van der Waals surface area contributed by atoms with E-state index in [-0.39, 0.29) is 48.9 Å². The molecule has 2 aliphatic rings. The zero-order valence-corrected chi connectivity index (χ0v) is 18.0. The van der Waals surface area contributed by atoms with Crippen LogP contribution in [0.2, 0.25) is 0 Å². The van der Waals surface area contributed by atoms with Gasteiger partial charge in [-0.2, -0.15) is 0 Å². The average molecular weight is 421 g/mol. The predicted molar refractivity (Wildman–Crippen MR) is 116 cm³/mol. The Labute approximate surface area is 181 Å². The maximum absolute atomic E-state index is 12.5. The Morgan fingerprint density at radius 3 is 2.42 bits per heavy atom. The summed E-state index contributed by atoms with van der Waals surface area (Å²) in [6, 6.07) is 15.2. The van der Waals surface area contributed by atoms with Gasteiger partial charge in [0.1, 0.15) is 0 Å². The molecule has 0 aromatic heterocycles. The maximum Gasteiger partial charge on any atom is 0.253 e. The van der Waals surface area contributed by atoms with Crippen molar-refractivity contribution >= 4 is 17.7 Å². The SMILES string of the molecule is CC(=O)N1CC(=O)N2[C@H](CO)[C@@H](c3ccc(-c4cccc(C(=O)N(C)C)c4)cc3)[C@H]2C1. The Morgan fingerprint density at radius 1 is 1.10 bits per heavy atom. The highest BCUT2D eigenvalue weighted by Gasteiger charge is 2.54. The fraction of sp³-hybridized carbons (Fsp3) is 0.375. The summed E-state index contributed by atoms with van der Waals surface area (Å²) < 4.78 is 0. The molecule has 2 heterocycles. The molecule has 162 valence electrons. The van der Waals surface area contributed by atoms with Gasteiger partial charge in [-0.3, -0.25) is 14.4 Å². The molecule has 3 amide bonds. The van der Waals surface area contributed by atoms with Crippen LogP contribution in [0.1, 0.15) is 28.8 Å². The van der Waals surface area contributed by atoms with E-state index in [1.54, 1.807) is 34.9 Å².